The molecule has 2 N–H and O–H groups in total. The number of carbonyl (C=O) groups excluding carboxylic acids is 2. The maximum Gasteiger partial charge on any atom is 0.331 e. The van der Waals surface area contributed by atoms with Crippen molar-refractivity contribution in [3.05, 3.63) is 47.5 Å². The van der Waals surface area contributed by atoms with E-state index in [-0.39, 0.29) is 29.3 Å². The number of hydrogen-bond acceptors (Lipinski definition) is 4. The maximum absolute atomic E-state index is 13.7. The van der Waals surface area contributed by atoms with E-state index in [1.807, 2.05) is 59.9 Å². The number of piperidine rings is 1. The Labute approximate surface area is 210 Å². The molecule has 4 atom stereocenters. The van der Waals surface area contributed by atoms with Crippen LogP contribution in [0.15, 0.2) is 42.0 Å². The van der Waals surface area contributed by atoms with Crippen LogP contribution in [0.5, 0.6) is 0 Å². The quantitative estimate of drug-likeness (QED) is 0.545. The zero-order chi connectivity index (χ0) is 26.5. The lowest BCUT2D eigenvalue weighted by Crippen LogP contribution is -2.60. The summed E-state index contributed by atoms with van der Waals surface area (Å²) in [5.41, 5.74) is 0.901. The minimum atomic E-state index is -1.01. The molecule has 1 aliphatic rings. The Balaban J connectivity index is 2.25. The molecular formula is C28H43N3O4. The fourth-order valence-electron chi connectivity index (χ4n) is 4.73. The van der Waals surface area contributed by atoms with Gasteiger partial charge in [0.1, 0.15) is 6.04 Å². The molecule has 35 heavy (non-hydrogen) atoms. The molecule has 1 aromatic carbocycles. The van der Waals surface area contributed by atoms with Crippen LogP contribution >= 0.6 is 0 Å². The van der Waals surface area contributed by atoms with Gasteiger partial charge in [-0.1, -0.05) is 71.0 Å². The summed E-state index contributed by atoms with van der Waals surface area (Å²) in [7, 11) is 3.64. The van der Waals surface area contributed by atoms with Gasteiger partial charge in [-0.05, 0) is 56.2 Å². The molecule has 0 aliphatic carbocycles. The van der Waals surface area contributed by atoms with E-state index in [0.717, 1.165) is 13.0 Å². The first-order chi connectivity index (χ1) is 16.2. The SMILES string of the molecule is C/C(=C\[C@H](C(C)C)N(C)C(=O)C(NC(=O)C1CC(c2ccccc2)CCN1C)C(C)(C)C)C(=O)O. The molecule has 2 amide bonds. The second-order valence-corrected chi connectivity index (χ2v) is 11.3. The summed E-state index contributed by atoms with van der Waals surface area (Å²) >= 11 is 0. The van der Waals surface area contributed by atoms with Crippen LogP contribution in [-0.2, 0) is 14.4 Å². The van der Waals surface area contributed by atoms with Crippen LogP contribution in [0.4, 0.5) is 0 Å². The molecule has 1 aliphatic heterocycles. The van der Waals surface area contributed by atoms with Crippen molar-refractivity contribution in [1.82, 2.24) is 15.1 Å². The Kier molecular flexibility index (Phi) is 9.67. The summed E-state index contributed by atoms with van der Waals surface area (Å²) in [5.74, 6) is -1.08. The van der Waals surface area contributed by atoms with Gasteiger partial charge in [0.05, 0.1) is 12.1 Å². The highest BCUT2D eigenvalue weighted by atomic mass is 16.4. The number of amides is 2. The van der Waals surface area contributed by atoms with Crippen molar-refractivity contribution in [3.63, 3.8) is 0 Å². The molecule has 3 unspecified atom stereocenters. The summed E-state index contributed by atoms with van der Waals surface area (Å²) in [6.45, 7) is 12.0. The molecule has 2 rings (SSSR count). The van der Waals surface area contributed by atoms with Crippen LogP contribution in [0, 0.1) is 11.3 Å². The molecule has 0 radical (unpaired) electrons. The number of aliphatic carboxylic acids is 1. The number of carbonyl (C=O) groups is 3. The summed E-state index contributed by atoms with van der Waals surface area (Å²) < 4.78 is 0. The lowest BCUT2D eigenvalue weighted by Gasteiger charge is -2.40. The van der Waals surface area contributed by atoms with Crippen molar-refractivity contribution >= 4 is 17.8 Å². The number of carboxylic acid groups (broad SMARTS) is 1. The Morgan fingerprint density at radius 3 is 2.29 bits per heavy atom. The van der Waals surface area contributed by atoms with Crippen molar-refractivity contribution in [1.29, 1.82) is 0 Å². The fourth-order valence-corrected chi connectivity index (χ4v) is 4.73. The topological polar surface area (TPSA) is 90.0 Å². The predicted molar refractivity (Wildman–Crippen MR) is 139 cm³/mol. The van der Waals surface area contributed by atoms with Gasteiger partial charge in [-0.3, -0.25) is 14.5 Å². The summed E-state index contributed by atoms with van der Waals surface area (Å²) in [5, 5.41) is 12.4. The maximum atomic E-state index is 13.7. The van der Waals surface area contributed by atoms with E-state index in [1.165, 1.54) is 12.5 Å². The van der Waals surface area contributed by atoms with Gasteiger partial charge in [0.15, 0.2) is 0 Å². The van der Waals surface area contributed by atoms with Crippen LogP contribution in [0.1, 0.15) is 65.9 Å². The first-order valence-corrected chi connectivity index (χ1v) is 12.5. The number of hydrogen-bond donors (Lipinski definition) is 2. The smallest absolute Gasteiger partial charge is 0.331 e. The number of likely N-dealkylation sites (N-methyl/N-ethyl adjacent to an activating group) is 2. The van der Waals surface area contributed by atoms with Gasteiger partial charge in [0.2, 0.25) is 11.8 Å². The van der Waals surface area contributed by atoms with Gasteiger partial charge in [-0.2, -0.15) is 0 Å². The van der Waals surface area contributed by atoms with E-state index in [1.54, 1.807) is 18.0 Å². The third kappa shape index (κ3) is 7.40. The lowest BCUT2D eigenvalue weighted by molar-refractivity contribution is -0.141. The summed E-state index contributed by atoms with van der Waals surface area (Å²) in [6.07, 6.45) is 3.30. The molecule has 1 saturated heterocycles. The van der Waals surface area contributed by atoms with Crippen LogP contribution in [0.3, 0.4) is 0 Å². The number of nitrogens with zero attached hydrogens (tertiary/aromatic N) is 2. The standard InChI is InChI=1S/C28H43N3O4/c1-18(2)22(16-19(3)27(34)35)31(8)26(33)24(28(4,5)6)29-25(32)23-17-21(14-15-30(23)7)20-12-10-9-11-13-20/h9-13,16,18,21-24H,14-15,17H2,1-8H3,(H,29,32)(H,34,35)/b19-16+/t21?,22-,23?,24?/m1/s1. The number of benzene rings is 1. The molecule has 1 aromatic rings. The normalized spacial score (nSPS) is 21.3. The highest BCUT2D eigenvalue weighted by molar-refractivity contribution is 5.91. The Bertz CT molecular complexity index is 920. The lowest BCUT2D eigenvalue weighted by atomic mass is 9.83. The van der Waals surface area contributed by atoms with E-state index < -0.39 is 23.5 Å². The molecule has 0 aromatic heterocycles. The molecule has 0 bridgehead atoms. The largest absolute Gasteiger partial charge is 0.478 e. The number of likely N-dealkylation sites (tertiary alicyclic amines) is 1. The molecule has 1 heterocycles. The predicted octanol–water partition coefficient (Wildman–Crippen LogP) is 3.91. The van der Waals surface area contributed by atoms with Gasteiger partial charge >= 0.3 is 5.97 Å². The second-order valence-electron chi connectivity index (χ2n) is 11.3. The summed E-state index contributed by atoms with van der Waals surface area (Å²) in [4.78, 5) is 42.3. The fraction of sp³-hybridized carbons (Fsp3) is 0.607. The van der Waals surface area contributed by atoms with Gasteiger partial charge < -0.3 is 15.3 Å². The van der Waals surface area contributed by atoms with Crippen molar-refractivity contribution < 1.29 is 19.5 Å². The van der Waals surface area contributed by atoms with Crippen LogP contribution in [0.2, 0.25) is 0 Å². The van der Waals surface area contributed by atoms with Gasteiger partial charge in [-0.15, -0.1) is 0 Å². The van der Waals surface area contributed by atoms with Crippen LogP contribution < -0.4 is 5.32 Å². The molecule has 0 spiro atoms. The van der Waals surface area contributed by atoms with Gasteiger partial charge in [0.25, 0.3) is 0 Å². The first kappa shape index (κ1) is 28.6. The third-order valence-corrected chi connectivity index (χ3v) is 7.08. The van der Waals surface area contributed by atoms with E-state index in [9.17, 15) is 19.5 Å². The van der Waals surface area contributed by atoms with Crippen molar-refractivity contribution in [2.24, 2.45) is 11.3 Å². The third-order valence-electron chi connectivity index (χ3n) is 7.08. The Hall–Kier alpha value is -2.67. The van der Waals surface area contributed by atoms with Gasteiger partial charge in [0, 0.05) is 12.6 Å². The first-order valence-electron chi connectivity index (χ1n) is 12.5. The van der Waals surface area contributed by atoms with E-state index in [0.29, 0.717) is 12.3 Å². The number of rotatable bonds is 8. The molecule has 7 heteroatoms. The molecular weight excluding hydrogens is 442 g/mol. The number of carboxylic acids is 1. The number of nitrogens with one attached hydrogen (secondary N) is 1. The zero-order valence-corrected chi connectivity index (χ0v) is 22.5. The van der Waals surface area contributed by atoms with Crippen molar-refractivity contribution in [2.45, 2.75) is 78.4 Å². The highest BCUT2D eigenvalue weighted by Crippen LogP contribution is 2.31. The molecule has 7 nitrogen and oxygen atoms in total. The monoisotopic (exact) mass is 485 g/mol. The Morgan fingerprint density at radius 1 is 1.17 bits per heavy atom. The average Bonchev–Trinajstić information content (AvgIpc) is 2.79. The minimum absolute atomic E-state index is 0.00526. The minimum Gasteiger partial charge on any atom is -0.478 e. The summed E-state index contributed by atoms with van der Waals surface area (Å²) in [6, 6.07) is 8.80. The van der Waals surface area contributed by atoms with Crippen LogP contribution in [-0.4, -0.2) is 71.5 Å². The molecule has 0 saturated carbocycles. The van der Waals surface area contributed by atoms with Crippen molar-refractivity contribution in [2.75, 3.05) is 20.6 Å². The highest BCUT2D eigenvalue weighted by Gasteiger charge is 2.40. The molecule has 194 valence electrons. The van der Waals surface area contributed by atoms with Crippen molar-refractivity contribution in [3.8, 4) is 0 Å². The van der Waals surface area contributed by atoms with E-state index in [2.05, 4.69) is 22.3 Å². The molecule has 1 fully saturated rings. The van der Waals surface area contributed by atoms with Crippen LogP contribution in [0.25, 0.3) is 0 Å². The van der Waals surface area contributed by atoms with E-state index >= 15 is 0 Å². The zero-order valence-electron chi connectivity index (χ0n) is 22.5. The average molecular weight is 486 g/mol. The Morgan fingerprint density at radius 2 is 1.77 bits per heavy atom. The second kappa shape index (κ2) is 11.8. The van der Waals surface area contributed by atoms with E-state index in [4.69, 9.17) is 0 Å². The van der Waals surface area contributed by atoms with Gasteiger partial charge in [-0.25, -0.2) is 4.79 Å².